The van der Waals surface area contributed by atoms with Gasteiger partial charge in [-0.3, -0.25) is 9.59 Å². The maximum atomic E-state index is 12.4. The normalized spacial score (nSPS) is 16.9. The number of rotatable bonds is 5. The van der Waals surface area contributed by atoms with Crippen molar-refractivity contribution in [2.24, 2.45) is 5.92 Å². The smallest absolute Gasteiger partial charge is 0.227 e. The highest BCUT2D eigenvalue weighted by Gasteiger charge is 2.34. The predicted octanol–water partition coefficient (Wildman–Crippen LogP) is 2.29. The predicted molar refractivity (Wildman–Crippen MR) is 99.2 cm³/mol. The summed E-state index contributed by atoms with van der Waals surface area (Å²) in [6, 6.07) is 15.4. The number of aryl methyl sites for hydroxylation is 1. The van der Waals surface area contributed by atoms with Gasteiger partial charge in [0.1, 0.15) is 0 Å². The molecule has 1 unspecified atom stereocenters. The molecule has 0 aliphatic carbocycles. The summed E-state index contributed by atoms with van der Waals surface area (Å²) in [6.45, 7) is 3.00. The third-order valence-corrected chi connectivity index (χ3v) is 4.53. The molecule has 1 heterocycles. The second kappa shape index (κ2) is 7.38. The van der Waals surface area contributed by atoms with Gasteiger partial charge in [-0.1, -0.05) is 29.8 Å². The Hall–Kier alpha value is -2.82. The molecule has 1 aliphatic heterocycles. The minimum absolute atomic E-state index is 0.00235. The Morgan fingerprint density at radius 3 is 2.52 bits per heavy atom. The Morgan fingerprint density at radius 1 is 1.16 bits per heavy atom. The molecule has 3 N–H and O–H groups in total. The molecule has 0 radical (unpaired) electrons. The van der Waals surface area contributed by atoms with Crippen LogP contribution in [0.4, 0.5) is 11.4 Å². The van der Waals surface area contributed by atoms with Crippen LogP contribution >= 0.6 is 0 Å². The molecule has 3 rings (SSSR count). The molecule has 5 nitrogen and oxygen atoms in total. The minimum atomic E-state index is -0.291. The largest absolute Gasteiger partial charge is 0.399 e. The van der Waals surface area contributed by atoms with Gasteiger partial charge in [0.25, 0.3) is 0 Å². The van der Waals surface area contributed by atoms with Crippen LogP contribution in [0.15, 0.2) is 48.5 Å². The summed E-state index contributed by atoms with van der Waals surface area (Å²) in [5.74, 6) is -0.346. The first-order chi connectivity index (χ1) is 12.0. The van der Waals surface area contributed by atoms with E-state index in [2.05, 4.69) is 5.32 Å². The summed E-state index contributed by atoms with van der Waals surface area (Å²) >= 11 is 0. The molecular formula is C20H23N3O2. The van der Waals surface area contributed by atoms with E-state index >= 15 is 0 Å². The second-order valence-electron chi connectivity index (χ2n) is 6.52. The fourth-order valence-corrected chi connectivity index (χ4v) is 3.02. The van der Waals surface area contributed by atoms with Gasteiger partial charge in [-0.25, -0.2) is 0 Å². The maximum Gasteiger partial charge on any atom is 0.227 e. The summed E-state index contributed by atoms with van der Waals surface area (Å²) in [7, 11) is 0. The number of hydrogen-bond donors (Lipinski definition) is 2. The van der Waals surface area contributed by atoms with Crippen molar-refractivity contribution >= 4 is 23.2 Å². The first-order valence-corrected chi connectivity index (χ1v) is 8.52. The van der Waals surface area contributed by atoms with E-state index in [0.29, 0.717) is 13.1 Å². The average molecular weight is 337 g/mol. The van der Waals surface area contributed by atoms with E-state index < -0.39 is 0 Å². The van der Waals surface area contributed by atoms with Gasteiger partial charge in [-0.15, -0.1) is 0 Å². The van der Waals surface area contributed by atoms with Gasteiger partial charge in [0.05, 0.1) is 5.92 Å². The van der Waals surface area contributed by atoms with Crippen molar-refractivity contribution in [3.8, 4) is 0 Å². The number of nitrogen functional groups attached to an aromatic ring is 1. The number of carbonyl (C=O) groups is 2. The molecule has 2 aromatic rings. The zero-order valence-corrected chi connectivity index (χ0v) is 14.4. The van der Waals surface area contributed by atoms with Crippen molar-refractivity contribution in [1.82, 2.24) is 5.32 Å². The van der Waals surface area contributed by atoms with Crippen molar-refractivity contribution in [3.05, 3.63) is 59.7 Å². The summed E-state index contributed by atoms with van der Waals surface area (Å²) in [5.41, 5.74) is 9.52. The Balaban J connectivity index is 1.52. The molecule has 0 bridgehead atoms. The zero-order valence-electron chi connectivity index (χ0n) is 14.4. The lowest BCUT2D eigenvalue weighted by Gasteiger charge is -2.17. The molecule has 0 spiro atoms. The van der Waals surface area contributed by atoms with Crippen molar-refractivity contribution in [1.29, 1.82) is 0 Å². The first kappa shape index (κ1) is 17.0. The molecule has 1 atom stereocenters. The van der Waals surface area contributed by atoms with Crippen LogP contribution in [0.25, 0.3) is 0 Å². The van der Waals surface area contributed by atoms with Crippen LogP contribution in [0.5, 0.6) is 0 Å². The van der Waals surface area contributed by atoms with Gasteiger partial charge in [0.2, 0.25) is 11.8 Å². The van der Waals surface area contributed by atoms with E-state index in [-0.39, 0.29) is 24.2 Å². The van der Waals surface area contributed by atoms with E-state index in [1.807, 2.05) is 55.5 Å². The SMILES string of the molecule is Cc1ccc(N2CC(C(=O)NCCc3ccc(N)cc3)CC2=O)cc1. The van der Waals surface area contributed by atoms with Crippen molar-refractivity contribution < 1.29 is 9.59 Å². The molecule has 2 aromatic carbocycles. The van der Waals surface area contributed by atoms with Crippen molar-refractivity contribution in [2.75, 3.05) is 23.7 Å². The first-order valence-electron chi connectivity index (χ1n) is 8.52. The van der Waals surface area contributed by atoms with Gasteiger partial charge >= 0.3 is 0 Å². The number of nitrogens with zero attached hydrogens (tertiary/aromatic N) is 1. The summed E-state index contributed by atoms with van der Waals surface area (Å²) in [5, 5.41) is 2.94. The van der Waals surface area contributed by atoms with E-state index in [4.69, 9.17) is 5.73 Å². The number of nitrogens with two attached hydrogens (primary N) is 1. The van der Waals surface area contributed by atoms with Crippen LogP contribution in [-0.4, -0.2) is 24.9 Å². The van der Waals surface area contributed by atoms with Gasteiger partial charge in [-0.2, -0.15) is 0 Å². The molecule has 2 amide bonds. The molecule has 1 fully saturated rings. The van der Waals surface area contributed by atoms with Crippen LogP contribution in [0.1, 0.15) is 17.5 Å². The standard InChI is InChI=1S/C20H23N3O2/c1-14-2-8-18(9-3-14)23-13-16(12-19(23)24)20(25)22-11-10-15-4-6-17(21)7-5-15/h2-9,16H,10-13,21H2,1H3,(H,22,25). The van der Waals surface area contributed by atoms with Crippen LogP contribution in [0.2, 0.25) is 0 Å². The van der Waals surface area contributed by atoms with E-state index in [0.717, 1.165) is 28.9 Å². The Morgan fingerprint density at radius 2 is 1.84 bits per heavy atom. The van der Waals surface area contributed by atoms with Gasteiger partial charge in [0.15, 0.2) is 0 Å². The number of hydrogen-bond acceptors (Lipinski definition) is 3. The Bertz CT molecular complexity index is 754. The Kier molecular flexibility index (Phi) is 5.03. The van der Waals surface area contributed by atoms with Crippen LogP contribution < -0.4 is 16.0 Å². The Labute approximate surface area is 147 Å². The number of nitrogens with one attached hydrogen (secondary N) is 1. The lowest BCUT2D eigenvalue weighted by atomic mass is 10.1. The average Bonchev–Trinajstić information content (AvgIpc) is 2.99. The van der Waals surface area contributed by atoms with Crippen LogP contribution in [0.3, 0.4) is 0 Å². The van der Waals surface area contributed by atoms with E-state index in [1.165, 1.54) is 0 Å². The molecule has 130 valence electrons. The van der Waals surface area contributed by atoms with E-state index in [9.17, 15) is 9.59 Å². The third-order valence-electron chi connectivity index (χ3n) is 4.53. The quantitative estimate of drug-likeness (QED) is 0.822. The van der Waals surface area contributed by atoms with Crippen molar-refractivity contribution in [2.45, 2.75) is 19.8 Å². The van der Waals surface area contributed by atoms with Crippen LogP contribution in [0, 0.1) is 12.8 Å². The molecule has 5 heteroatoms. The zero-order chi connectivity index (χ0) is 17.8. The molecule has 1 saturated heterocycles. The van der Waals surface area contributed by atoms with Crippen LogP contribution in [-0.2, 0) is 16.0 Å². The number of amides is 2. The maximum absolute atomic E-state index is 12.4. The van der Waals surface area contributed by atoms with E-state index in [1.54, 1.807) is 4.90 Å². The second-order valence-corrected chi connectivity index (χ2v) is 6.52. The summed E-state index contributed by atoms with van der Waals surface area (Å²) < 4.78 is 0. The van der Waals surface area contributed by atoms with Gasteiger partial charge in [-0.05, 0) is 43.2 Å². The third kappa shape index (κ3) is 4.18. The lowest BCUT2D eigenvalue weighted by Crippen LogP contribution is -2.34. The fraction of sp³-hybridized carbons (Fsp3) is 0.300. The molecular weight excluding hydrogens is 314 g/mol. The highest BCUT2D eigenvalue weighted by molar-refractivity contribution is 6.00. The lowest BCUT2D eigenvalue weighted by molar-refractivity contribution is -0.126. The summed E-state index contributed by atoms with van der Waals surface area (Å²) in [4.78, 5) is 26.3. The summed E-state index contributed by atoms with van der Waals surface area (Å²) in [6.07, 6.45) is 1.01. The monoisotopic (exact) mass is 337 g/mol. The molecule has 1 aliphatic rings. The number of benzene rings is 2. The molecule has 0 saturated carbocycles. The fourth-order valence-electron chi connectivity index (χ4n) is 3.02. The minimum Gasteiger partial charge on any atom is -0.399 e. The number of anilines is 2. The highest BCUT2D eigenvalue weighted by Crippen LogP contribution is 2.25. The molecule has 25 heavy (non-hydrogen) atoms. The molecule has 0 aromatic heterocycles. The topological polar surface area (TPSA) is 75.4 Å². The van der Waals surface area contributed by atoms with Crippen molar-refractivity contribution in [3.63, 3.8) is 0 Å². The van der Waals surface area contributed by atoms with Gasteiger partial charge in [0, 0.05) is 30.9 Å². The number of carbonyl (C=O) groups excluding carboxylic acids is 2. The highest BCUT2D eigenvalue weighted by atomic mass is 16.2. The van der Waals surface area contributed by atoms with Gasteiger partial charge < -0.3 is 16.0 Å².